The third kappa shape index (κ3) is 6.28. The van der Waals surface area contributed by atoms with E-state index in [0.29, 0.717) is 5.92 Å². The van der Waals surface area contributed by atoms with Crippen LogP contribution >= 0.6 is 0 Å². The van der Waals surface area contributed by atoms with Gasteiger partial charge >= 0.3 is 5.97 Å². The molecule has 0 aliphatic heterocycles. The minimum atomic E-state index is -1.13. The number of carbonyl (C=O) groups is 1. The fraction of sp³-hybridized carbons (Fsp3) is 0.778. The molecule has 4 nitrogen and oxygen atoms in total. The largest absolute Gasteiger partial charge is 0.477 e. The van der Waals surface area contributed by atoms with Gasteiger partial charge in [-0.3, -0.25) is 5.41 Å². The summed E-state index contributed by atoms with van der Waals surface area (Å²) >= 11 is 0. The van der Waals surface area contributed by atoms with E-state index in [1.54, 1.807) is 0 Å². The van der Waals surface area contributed by atoms with Crippen LogP contribution in [0.5, 0.6) is 0 Å². The summed E-state index contributed by atoms with van der Waals surface area (Å²) in [6.07, 6.45) is 0.280. The number of rotatable bonds is 6. The highest BCUT2D eigenvalue weighted by molar-refractivity contribution is 6.34. The second-order valence-corrected chi connectivity index (χ2v) is 3.69. The molecule has 1 atom stereocenters. The Hall–Kier alpha value is -0.900. The van der Waals surface area contributed by atoms with Crippen molar-refractivity contribution in [1.82, 2.24) is 5.32 Å². The van der Waals surface area contributed by atoms with Gasteiger partial charge in [-0.25, -0.2) is 4.79 Å². The maximum atomic E-state index is 10.3. The molecule has 0 aliphatic rings. The zero-order chi connectivity index (χ0) is 10.4. The van der Waals surface area contributed by atoms with Crippen molar-refractivity contribution in [1.29, 1.82) is 5.41 Å². The van der Waals surface area contributed by atoms with E-state index in [1.165, 1.54) is 0 Å². The zero-order valence-corrected chi connectivity index (χ0v) is 8.42. The molecule has 0 radical (unpaired) electrons. The Balaban J connectivity index is 3.68. The molecular weight excluding hydrogens is 168 g/mol. The topological polar surface area (TPSA) is 73.2 Å². The molecule has 0 aromatic carbocycles. The summed E-state index contributed by atoms with van der Waals surface area (Å²) in [7, 11) is 0. The summed E-state index contributed by atoms with van der Waals surface area (Å²) in [6, 6.07) is 0.0611. The van der Waals surface area contributed by atoms with Gasteiger partial charge in [0, 0.05) is 12.5 Å². The highest BCUT2D eigenvalue weighted by Gasteiger charge is 2.11. The van der Waals surface area contributed by atoms with Crippen molar-refractivity contribution in [3.63, 3.8) is 0 Å². The molecule has 13 heavy (non-hydrogen) atoms. The average molecular weight is 186 g/mol. The van der Waals surface area contributed by atoms with Crippen molar-refractivity contribution < 1.29 is 9.90 Å². The van der Waals surface area contributed by atoms with E-state index in [4.69, 9.17) is 10.5 Å². The van der Waals surface area contributed by atoms with Crippen molar-refractivity contribution in [3.8, 4) is 0 Å². The third-order valence-electron chi connectivity index (χ3n) is 1.64. The summed E-state index contributed by atoms with van der Waals surface area (Å²) in [6.45, 7) is 6.92. The number of carboxylic acid groups (broad SMARTS) is 1. The lowest BCUT2D eigenvalue weighted by Gasteiger charge is -2.14. The lowest BCUT2D eigenvalue weighted by molar-refractivity contribution is -0.129. The smallest absolute Gasteiger partial charge is 0.349 e. The van der Waals surface area contributed by atoms with Gasteiger partial charge in [-0.2, -0.15) is 0 Å². The third-order valence-corrected chi connectivity index (χ3v) is 1.64. The standard InChI is InChI=1S/C9H18N2O2/c1-6(2)5-11-7(3)4-8(10)9(12)13/h6-7,10-11H,4-5H2,1-3H3,(H,12,13)/t7-/m0/s1. The quantitative estimate of drug-likeness (QED) is 0.544. The summed E-state index contributed by atoms with van der Waals surface area (Å²) in [4.78, 5) is 10.3. The van der Waals surface area contributed by atoms with Crippen molar-refractivity contribution in [2.75, 3.05) is 6.54 Å². The van der Waals surface area contributed by atoms with Crippen molar-refractivity contribution in [2.24, 2.45) is 5.92 Å². The Kier molecular flexibility index (Phi) is 5.30. The highest BCUT2D eigenvalue weighted by atomic mass is 16.4. The normalized spacial score (nSPS) is 12.9. The Morgan fingerprint density at radius 2 is 2.00 bits per heavy atom. The van der Waals surface area contributed by atoms with Gasteiger partial charge in [-0.15, -0.1) is 0 Å². The van der Waals surface area contributed by atoms with Gasteiger partial charge in [0.05, 0.1) is 0 Å². The SMILES string of the molecule is CC(C)CN[C@@H](C)CC(=N)C(=O)O. The monoisotopic (exact) mass is 186 g/mol. The second kappa shape index (κ2) is 5.70. The van der Waals surface area contributed by atoms with Crippen LogP contribution in [0.4, 0.5) is 0 Å². The first-order valence-electron chi connectivity index (χ1n) is 4.47. The highest BCUT2D eigenvalue weighted by Crippen LogP contribution is 1.95. The van der Waals surface area contributed by atoms with E-state index in [2.05, 4.69) is 19.2 Å². The fourth-order valence-electron chi connectivity index (χ4n) is 0.903. The van der Waals surface area contributed by atoms with Crippen molar-refractivity contribution >= 4 is 11.7 Å². The Bertz CT molecular complexity index is 190. The summed E-state index contributed by atoms with van der Waals surface area (Å²) in [5.41, 5.74) is -0.233. The molecular formula is C9H18N2O2. The number of aliphatic carboxylic acids is 1. The van der Waals surface area contributed by atoms with Crippen LogP contribution in [0.1, 0.15) is 27.2 Å². The van der Waals surface area contributed by atoms with Gasteiger partial charge in [-0.05, 0) is 19.4 Å². The van der Waals surface area contributed by atoms with E-state index in [9.17, 15) is 4.79 Å². The summed E-state index contributed by atoms with van der Waals surface area (Å²) in [5, 5.41) is 18.7. The Morgan fingerprint density at radius 1 is 1.46 bits per heavy atom. The van der Waals surface area contributed by atoms with E-state index in [0.717, 1.165) is 6.54 Å². The van der Waals surface area contributed by atoms with Crippen LogP contribution in [0.15, 0.2) is 0 Å². The van der Waals surface area contributed by atoms with E-state index in [-0.39, 0.29) is 18.2 Å². The number of hydrogen-bond donors (Lipinski definition) is 3. The van der Waals surface area contributed by atoms with Crippen LogP contribution in [0, 0.1) is 11.3 Å². The van der Waals surface area contributed by atoms with Crippen LogP contribution < -0.4 is 5.32 Å². The molecule has 3 N–H and O–H groups in total. The lowest BCUT2D eigenvalue weighted by Crippen LogP contribution is -2.33. The molecule has 0 aromatic rings. The predicted molar refractivity (Wildman–Crippen MR) is 52.3 cm³/mol. The number of hydrogen-bond acceptors (Lipinski definition) is 3. The van der Waals surface area contributed by atoms with Crippen LogP contribution in [0.3, 0.4) is 0 Å². The van der Waals surface area contributed by atoms with Gasteiger partial charge in [0.1, 0.15) is 5.71 Å². The molecule has 0 fully saturated rings. The minimum Gasteiger partial charge on any atom is -0.477 e. The van der Waals surface area contributed by atoms with Crippen LogP contribution in [-0.2, 0) is 4.79 Å². The number of nitrogens with one attached hydrogen (secondary N) is 2. The molecule has 0 bridgehead atoms. The van der Waals surface area contributed by atoms with E-state index >= 15 is 0 Å². The molecule has 0 rings (SSSR count). The van der Waals surface area contributed by atoms with Crippen LogP contribution in [0.2, 0.25) is 0 Å². The molecule has 0 spiro atoms. The van der Waals surface area contributed by atoms with Gasteiger partial charge in [-0.1, -0.05) is 13.8 Å². The predicted octanol–water partition coefficient (Wildman–Crippen LogP) is 1.11. The molecule has 0 aliphatic carbocycles. The van der Waals surface area contributed by atoms with Crippen molar-refractivity contribution in [3.05, 3.63) is 0 Å². The van der Waals surface area contributed by atoms with E-state index in [1.807, 2.05) is 6.92 Å². The average Bonchev–Trinajstić information content (AvgIpc) is 2.00. The molecule has 0 amide bonds. The molecule has 0 heterocycles. The van der Waals surface area contributed by atoms with Gasteiger partial charge in [0.15, 0.2) is 0 Å². The molecule has 0 saturated heterocycles. The van der Waals surface area contributed by atoms with Crippen LogP contribution in [0.25, 0.3) is 0 Å². The first-order chi connectivity index (χ1) is 5.93. The number of carboxylic acids is 1. The van der Waals surface area contributed by atoms with Crippen molar-refractivity contribution in [2.45, 2.75) is 33.2 Å². The molecule has 76 valence electrons. The molecule has 0 saturated carbocycles. The van der Waals surface area contributed by atoms with E-state index < -0.39 is 5.97 Å². The molecule has 0 aromatic heterocycles. The second-order valence-electron chi connectivity index (χ2n) is 3.69. The fourth-order valence-corrected chi connectivity index (χ4v) is 0.903. The summed E-state index contributed by atoms with van der Waals surface area (Å²) in [5.74, 6) is -0.584. The van der Waals surface area contributed by atoms with Gasteiger partial charge in [0.2, 0.25) is 0 Å². The molecule has 4 heteroatoms. The first-order valence-corrected chi connectivity index (χ1v) is 4.47. The maximum absolute atomic E-state index is 10.3. The summed E-state index contributed by atoms with van der Waals surface area (Å²) < 4.78 is 0. The molecule has 0 unspecified atom stereocenters. The lowest BCUT2D eigenvalue weighted by atomic mass is 10.1. The Labute approximate surface area is 78.8 Å². The minimum absolute atomic E-state index is 0.0611. The first kappa shape index (κ1) is 12.1. The zero-order valence-electron chi connectivity index (χ0n) is 8.42. The Morgan fingerprint density at radius 3 is 2.38 bits per heavy atom. The van der Waals surface area contributed by atoms with Gasteiger partial charge < -0.3 is 10.4 Å². The van der Waals surface area contributed by atoms with Gasteiger partial charge in [0.25, 0.3) is 0 Å². The maximum Gasteiger partial charge on any atom is 0.349 e. The van der Waals surface area contributed by atoms with Crippen LogP contribution in [-0.4, -0.2) is 29.4 Å².